The number of nitrogens with one attached hydrogen (secondary N) is 3. The third kappa shape index (κ3) is 2.82. The van der Waals surface area contributed by atoms with E-state index in [1.165, 1.54) is 19.4 Å². The average molecular weight is 194 g/mol. The van der Waals surface area contributed by atoms with Crippen molar-refractivity contribution in [3.63, 3.8) is 0 Å². The zero-order chi connectivity index (χ0) is 9.64. The lowest BCUT2D eigenvalue weighted by molar-refractivity contribution is 0.359. The second kappa shape index (κ2) is 5.12. The van der Waals surface area contributed by atoms with Gasteiger partial charge in [0.25, 0.3) is 0 Å². The molecule has 0 aromatic carbocycles. The molecule has 2 heterocycles. The summed E-state index contributed by atoms with van der Waals surface area (Å²) in [7, 11) is 0. The number of aromatic amines is 1. The average Bonchev–Trinajstić information content (AvgIpc) is 2.72. The summed E-state index contributed by atoms with van der Waals surface area (Å²) in [6, 6.07) is 2.01. The molecule has 14 heavy (non-hydrogen) atoms. The van der Waals surface area contributed by atoms with Crippen LogP contribution >= 0.6 is 0 Å². The molecule has 1 unspecified atom stereocenters. The molecule has 0 saturated carbocycles. The van der Waals surface area contributed by atoms with E-state index in [0.717, 1.165) is 31.2 Å². The van der Waals surface area contributed by atoms with Crippen molar-refractivity contribution >= 4 is 0 Å². The molecule has 4 nitrogen and oxygen atoms in total. The SMILES string of the molecule is c1cc(CNCC2CCCNC2)[nH]n1. The first-order valence-corrected chi connectivity index (χ1v) is 5.35. The molecule has 78 valence electrons. The Labute approximate surface area is 84.5 Å². The van der Waals surface area contributed by atoms with Crippen LogP contribution in [-0.2, 0) is 6.54 Å². The van der Waals surface area contributed by atoms with E-state index in [-0.39, 0.29) is 0 Å². The molecule has 0 radical (unpaired) electrons. The summed E-state index contributed by atoms with van der Waals surface area (Å²) < 4.78 is 0. The van der Waals surface area contributed by atoms with Crippen LogP contribution in [0.2, 0.25) is 0 Å². The number of H-pyrrole nitrogens is 1. The van der Waals surface area contributed by atoms with Crippen molar-refractivity contribution in [1.82, 2.24) is 20.8 Å². The van der Waals surface area contributed by atoms with Gasteiger partial charge in [0, 0.05) is 18.4 Å². The Morgan fingerprint density at radius 1 is 1.57 bits per heavy atom. The molecule has 1 aromatic rings. The lowest BCUT2D eigenvalue weighted by atomic mass is 10.00. The van der Waals surface area contributed by atoms with Crippen LogP contribution in [0.5, 0.6) is 0 Å². The third-order valence-corrected chi connectivity index (χ3v) is 2.71. The maximum atomic E-state index is 3.91. The number of rotatable bonds is 4. The predicted octanol–water partition coefficient (Wildman–Crippen LogP) is 0.499. The molecule has 1 saturated heterocycles. The van der Waals surface area contributed by atoms with Gasteiger partial charge in [0.05, 0.1) is 0 Å². The summed E-state index contributed by atoms with van der Waals surface area (Å²) in [6.07, 6.45) is 4.46. The Hall–Kier alpha value is -0.870. The highest BCUT2D eigenvalue weighted by Crippen LogP contribution is 2.08. The van der Waals surface area contributed by atoms with Crippen molar-refractivity contribution in [2.45, 2.75) is 19.4 Å². The number of hydrogen-bond donors (Lipinski definition) is 3. The predicted molar refractivity (Wildman–Crippen MR) is 55.9 cm³/mol. The standard InChI is InChI=1S/C10H18N4/c1-2-9(6-11-4-1)7-12-8-10-3-5-13-14-10/h3,5,9,11-12H,1-2,4,6-8H2,(H,13,14). The van der Waals surface area contributed by atoms with E-state index >= 15 is 0 Å². The lowest BCUT2D eigenvalue weighted by Crippen LogP contribution is -2.35. The van der Waals surface area contributed by atoms with Gasteiger partial charge in [-0.25, -0.2) is 0 Å². The highest BCUT2D eigenvalue weighted by atomic mass is 15.1. The number of aromatic nitrogens is 2. The van der Waals surface area contributed by atoms with Crippen LogP contribution in [0.25, 0.3) is 0 Å². The molecule has 3 N–H and O–H groups in total. The van der Waals surface area contributed by atoms with Gasteiger partial charge in [-0.15, -0.1) is 0 Å². The molecular weight excluding hydrogens is 176 g/mol. The zero-order valence-electron chi connectivity index (χ0n) is 8.42. The molecule has 0 spiro atoms. The zero-order valence-corrected chi connectivity index (χ0v) is 8.42. The Kier molecular flexibility index (Phi) is 3.54. The normalized spacial score (nSPS) is 22.4. The molecule has 0 aliphatic carbocycles. The number of nitrogens with zero attached hydrogens (tertiary/aromatic N) is 1. The fourth-order valence-electron chi connectivity index (χ4n) is 1.89. The molecule has 4 heteroatoms. The van der Waals surface area contributed by atoms with Crippen molar-refractivity contribution in [2.24, 2.45) is 5.92 Å². The van der Waals surface area contributed by atoms with Crippen molar-refractivity contribution in [2.75, 3.05) is 19.6 Å². The molecule has 2 rings (SSSR count). The van der Waals surface area contributed by atoms with Crippen molar-refractivity contribution < 1.29 is 0 Å². The molecule has 1 aliphatic rings. The minimum Gasteiger partial charge on any atom is -0.316 e. The van der Waals surface area contributed by atoms with E-state index in [9.17, 15) is 0 Å². The second-order valence-corrected chi connectivity index (χ2v) is 3.93. The largest absolute Gasteiger partial charge is 0.316 e. The quantitative estimate of drug-likeness (QED) is 0.654. The molecule has 1 fully saturated rings. The Balaban J connectivity index is 1.62. The minimum absolute atomic E-state index is 0.798. The summed E-state index contributed by atoms with van der Waals surface area (Å²) in [5.74, 6) is 0.798. The maximum Gasteiger partial charge on any atom is 0.0490 e. The van der Waals surface area contributed by atoms with Gasteiger partial charge in [0.2, 0.25) is 0 Å². The minimum atomic E-state index is 0.798. The summed E-state index contributed by atoms with van der Waals surface area (Å²) in [6.45, 7) is 4.36. The molecule has 1 aromatic heterocycles. The van der Waals surface area contributed by atoms with Crippen LogP contribution < -0.4 is 10.6 Å². The first-order chi connectivity index (χ1) is 6.95. The number of hydrogen-bond acceptors (Lipinski definition) is 3. The first-order valence-electron chi connectivity index (χ1n) is 5.35. The van der Waals surface area contributed by atoms with Crippen molar-refractivity contribution in [3.05, 3.63) is 18.0 Å². The number of piperidine rings is 1. The molecular formula is C10H18N4. The van der Waals surface area contributed by atoms with Crippen LogP contribution in [0.15, 0.2) is 12.3 Å². The van der Waals surface area contributed by atoms with Crippen LogP contribution in [0, 0.1) is 5.92 Å². The van der Waals surface area contributed by atoms with Gasteiger partial charge in [-0.1, -0.05) is 0 Å². The highest BCUT2D eigenvalue weighted by molar-refractivity contribution is 4.96. The van der Waals surface area contributed by atoms with E-state index in [4.69, 9.17) is 0 Å². The molecule has 1 atom stereocenters. The molecule has 1 aliphatic heterocycles. The Morgan fingerprint density at radius 2 is 2.57 bits per heavy atom. The summed E-state index contributed by atoms with van der Waals surface area (Å²) in [4.78, 5) is 0. The lowest BCUT2D eigenvalue weighted by Gasteiger charge is -2.22. The van der Waals surface area contributed by atoms with E-state index in [2.05, 4.69) is 20.8 Å². The van der Waals surface area contributed by atoms with E-state index in [1.807, 2.05) is 6.07 Å². The van der Waals surface area contributed by atoms with Crippen LogP contribution in [0.3, 0.4) is 0 Å². The van der Waals surface area contributed by atoms with Gasteiger partial charge in [-0.2, -0.15) is 5.10 Å². The topological polar surface area (TPSA) is 52.7 Å². The van der Waals surface area contributed by atoms with Crippen LogP contribution in [-0.4, -0.2) is 29.8 Å². The van der Waals surface area contributed by atoms with Gasteiger partial charge in [-0.3, -0.25) is 5.10 Å². The molecule has 0 amide bonds. The van der Waals surface area contributed by atoms with E-state index in [1.54, 1.807) is 6.20 Å². The smallest absolute Gasteiger partial charge is 0.0490 e. The fraction of sp³-hybridized carbons (Fsp3) is 0.700. The van der Waals surface area contributed by atoms with Gasteiger partial charge >= 0.3 is 0 Å². The first kappa shape index (κ1) is 9.68. The van der Waals surface area contributed by atoms with Gasteiger partial charge < -0.3 is 10.6 Å². The second-order valence-electron chi connectivity index (χ2n) is 3.93. The fourth-order valence-corrected chi connectivity index (χ4v) is 1.89. The van der Waals surface area contributed by atoms with Gasteiger partial charge in [0.1, 0.15) is 0 Å². The van der Waals surface area contributed by atoms with Gasteiger partial charge in [0.15, 0.2) is 0 Å². The van der Waals surface area contributed by atoms with Crippen molar-refractivity contribution in [1.29, 1.82) is 0 Å². The summed E-state index contributed by atoms with van der Waals surface area (Å²) >= 11 is 0. The summed E-state index contributed by atoms with van der Waals surface area (Å²) in [5.41, 5.74) is 1.16. The maximum absolute atomic E-state index is 3.91. The Bertz CT molecular complexity index is 239. The molecule has 0 bridgehead atoms. The van der Waals surface area contributed by atoms with Crippen LogP contribution in [0.4, 0.5) is 0 Å². The third-order valence-electron chi connectivity index (χ3n) is 2.71. The Morgan fingerprint density at radius 3 is 3.29 bits per heavy atom. The van der Waals surface area contributed by atoms with E-state index < -0.39 is 0 Å². The van der Waals surface area contributed by atoms with Crippen molar-refractivity contribution in [3.8, 4) is 0 Å². The van der Waals surface area contributed by atoms with Crippen LogP contribution in [0.1, 0.15) is 18.5 Å². The monoisotopic (exact) mass is 194 g/mol. The summed E-state index contributed by atoms with van der Waals surface area (Å²) in [5, 5.41) is 13.7. The van der Waals surface area contributed by atoms with Gasteiger partial charge in [-0.05, 0) is 44.5 Å². The highest BCUT2D eigenvalue weighted by Gasteiger charge is 2.11. The van der Waals surface area contributed by atoms with E-state index in [0.29, 0.717) is 0 Å².